The molecule has 1 spiro atoms. The summed E-state index contributed by atoms with van der Waals surface area (Å²) >= 11 is 0. The number of aliphatic hydroxyl groups is 1. The molecule has 0 radical (unpaired) electrons. The van der Waals surface area contributed by atoms with E-state index < -0.39 is 29.9 Å². The minimum Gasteiger partial charge on any atom is -0.478 e. The minimum absolute atomic E-state index is 0.155. The fourth-order valence-corrected chi connectivity index (χ4v) is 5.24. The van der Waals surface area contributed by atoms with E-state index in [0.29, 0.717) is 29.8 Å². The Balaban J connectivity index is 1.42. The van der Waals surface area contributed by atoms with Gasteiger partial charge >= 0.3 is 11.9 Å². The van der Waals surface area contributed by atoms with Crippen LogP contribution in [0.15, 0.2) is 54.6 Å². The molecule has 2 aromatic carbocycles. The van der Waals surface area contributed by atoms with Crippen LogP contribution in [0.25, 0.3) is 11.1 Å². The van der Waals surface area contributed by atoms with Crippen molar-refractivity contribution in [1.29, 1.82) is 0 Å². The molecule has 0 amide bonds. The molecule has 36 heavy (non-hydrogen) atoms. The molecule has 2 aliphatic rings. The van der Waals surface area contributed by atoms with E-state index in [-0.39, 0.29) is 17.6 Å². The van der Waals surface area contributed by atoms with E-state index in [2.05, 4.69) is 4.98 Å². The summed E-state index contributed by atoms with van der Waals surface area (Å²) in [4.78, 5) is 27.3. The number of carboxylic acid groups (broad SMARTS) is 1. The summed E-state index contributed by atoms with van der Waals surface area (Å²) in [6, 6.07) is 15.6. The third kappa shape index (κ3) is 4.38. The van der Waals surface area contributed by atoms with Gasteiger partial charge in [0.25, 0.3) is 0 Å². The lowest BCUT2D eigenvalue weighted by molar-refractivity contribution is -0.304. The van der Waals surface area contributed by atoms with Crippen molar-refractivity contribution in [2.45, 2.75) is 58.2 Å². The number of hydrogen-bond donors (Lipinski definition) is 3. The number of aromatic amines is 1. The normalized spacial score (nSPS) is 24.6. The Morgan fingerprint density at radius 1 is 1.11 bits per heavy atom. The second kappa shape index (κ2) is 8.80. The van der Waals surface area contributed by atoms with Gasteiger partial charge in [0.15, 0.2) is 6.10 Å². The lowest BCUT2D eigenvalue weighted by Crippen LogP contribution is -2.63. The zero-order valence-electron chi connectivity index (χ0n) is 20.4. The molecule has 3 atom stereocenters. The molecule has 1 fully saturated rings. The van der Waals surface area contributed by atoms with Gasteiger partial charge in [-0.2, -0.15) is 0 Å². The predicted octanol–water partition coefficient (Wildman–Crippen LogP) is 4.70. The van der Waals surface area contributed by atoms with E-state index in [1.165, 1.54) is 0 Å². The molecule has 5 rings (SSSR count). The summed E-state index contributed by atoms with van der Waals surface area (Å²) in [5, 5.41) is 20.9. The first-order valence-electron chi connectivity index (χ1n) is 11.9. The van der Waals surface area contributed by atoms with E-state index in [1.54, 1.807) is 48.5 Å². The topological polar surface area (TPSA) is 118 Å². The molecule has 0 unspecified atom stereocenters. The van der Waals surface area contributed by atoms with Gasteiger partial charge in [0.1, 0.15) is 17.5 Å². The number of aromatic nitrogens is 1. The molecule has 1 aromatic heterocycles. The van der Waals surface area contributed by atoms with Crippen LogP contribution in [0.1, 0.15) is 58.8 Å². The lowest BCUT2D eigenvalue weighted by atomic mass is 9.71. The highest BCUT2D eigenvalue weighted by Crippen LogP contribution is 2.48. The lowest BCUT2D eigenvalue weighted by Gasteiger charge is -2.51. The number of hydrogen-bond acceptors (Lipinski definition) is 6. The third-order valence-corrected chi connectivity index (χ3v) is 6.88. The molecule has 188 valence electrons. The number of benzene rings is 2. The number of esters is 1. The molecule has 1 saturated carbocycles. The highest BCUT2D eigenvalue weighted by atomic mass is 16.7. The molecule has 0 bridgehead atoms. The number of aliphatic hydroxyl groups excluding tert-OH is 1. The zero-order valence-corrected chi connectivity index (χ0v) is 20.4. The van der Waals surface area contributed by atoms with Crippen molar-refractivity contribution in [3.63, 3.8) is 0 Å². The predicted molar refractivity (Wildman–Crippen MR) is 131 cm³/mol. The van der Waals surface area contributed by atoms with Crippen LogP contribution in [-0.4, -0.2) is 45.1 Å². The average Bonchev–Trinajstić information content (AvgIpc) is 3.28. The standard InChI is InChI=1S/C28H29NO7/c1-16-8-10-21(29-16)26(33)35-23-13-27(2,3)15-28(24(23)30)34-14-18-12-17(9-11-22(18)36-28)19-6-4-5-7-20(19)25(31)32/h4-12,23-24,29-30H,13-15H2,1-3H3,(H,31,32)/t23-,24-,28-/m1/s1. The van der Waals surface area contributed by atoms with Crippen molar-refractivity contribution in [1.82, 2.24) is 4.98 Å². The van der Waals surface area contributed by atoms with E-state index in [0.717, 1.165) is 16.8 Å². The largest absolute Gasteiger partial charge is 0.478 e. The van der Waals surface area contributed by atoms with E-state index in [1.807, 2.05) is 26.8 Å². The van der Waals surface area contributed by atoms with Crippen molar-refractivity contribution in [2.75, 3.05) is 0 Å². The van der Waals surface area contributed by atoms with Crippen LogP contribution in [0, 0.1) is 12.3 Å². The number of ether oxygens (including phenoxy) is 3. The summed E-state index contributed by atoms with van der Waals surface area (Å²) in [5.74, 6) is -2.39. The highest BCUT2D eigenvalue weighted by Gasteiger charge is 2.57. The maximum absolute atomic E-state index is 12.7. The Kier molecular flexibility index (Phi) is 5.89. The van der Waals surface area contributed by atoms with Crippen LogP contribution < -0.4 is 4.74 Å². The van der Waals surface area contributed by atoms with Crippen molar-refractivity contribution in [3.8, 4) is 16.9 Å². The molecule has 2 heterocycles. The summed E-state index contributed by atoms with van der Waals surface area (Å²) in [5.41, 5.74) is 3.09. The van der Waals surface area contributed by atoms with Crippen LogP contribution in [0.3, 0.4) is 0 Å². The quantitative estimate of drug-likeness (QED) is 0.453. The number of carboxylic acids is 1. The van der Waals surface area contributed by atoms with Gasteiger partial charge in [0.05, 0.1) is 12.2 Å². The van der Waals surface area contributed by atoms with Crippen LogP contribution in [0.2, 0.25) is 0 Å². The molecule has 0 saturated heterocycles. The smallest absolute Gasteiger partial charge is 0.355 e. The van der Waals surface area contributed by atoms with Gasteiger partial charge in [-0.3, -0.25) is 0 Å². The summed E-state index contributed by atoms with van der Waals surface area (Å²) in [6.45, 7) is 6.04. The third-order valence-electron chi connectivity index (χ3n) is 6.88. The second-order valence-corrected chi connectivity index (χ2v) is 10.4. The number of fused-ring (bicyclic) bond motifs is 1. The van der Waals surface area contributed by atoms with Crippen molar-refractivity contribution < 1.29 is 34.0 Å². The molecule has 1 aliphatic heterocycles. The maximum atomic E-state index is 12.7. The molecule has 8 nitrogen and oxygen atoms in total. The first-order chi connectivity index (χ1) is 17.1. The summed E-state index contributed by atoms with van der Waals surface area (Å²) in [6.07, 6.45) is -1.18. The van der Waals surface area contributed by atoms with Gasteiger partial charge in [0, 0.05) is 17.7 Å². The van der Waals surface area contributed by atoms with E-state index >= 15 is 0 Å². The Bertz CT molecular complexity index is 1330. The van der Waals surface area contributed by atoms with Crippen molar-refractivity contribution in [2.24, 2.45) is 5.41 Å². The van der Waals surface area contributed by atoms with Crippen LogP contribution in [0.4, 0.5) is 0 Å². The summed E-state index contributed by atoms with van der Waals surface area (Å²) in [7, 11) is 0. The number of aryl methyl sites for hydroxylation is 1. The van der Waals surface area contributed by atoms with E-state index in [9.17, 15) is 19.8 Å². The van der Waals surface area contributed by atoms with Gasteiger partial charge in [-0.05, 0) is 60.2 Å². The first-order valence-corrected chi connectivity index (χ1v) is 11.9. The highest BCUT2D eigenvalue weighted by molar-refractivity contribution is 5.96. The molecular formula is C28H29NO7. The zero-order chi connectivity index (χ0) is 25.7. The van der Waals surface area contributed by atoms with Gasteiger partial charge in [-0.25, -0.2) is 9.59 Å². The molecular weight excluding hydrogens is 462 g/mol. The number of rotatable bonds is 4. The SMILES string of the molecule is Cc1ccc(C(=O)O[C@@H]2CC(C)(C)C[C@]3(OCc4cc(-c5ccccc5C(=O)O)ccc4O3)[C@@H]2O)[nH]1. The fourth-order valence-electron chi connectivity index (χ4n) is 5.24. The number of carbonyl (C=O) groups is 2. The van der Waals surface area contributed by atoms with E-state index in [4.69, 9.17) is 14.2 Å². The number of aromatic carboxylic acids is 1. The maximum Gasteiger partial charge on any atom is 0.355 e. The van der Waals surface area contributed by atoms with Gasteiger partial charge < -0.3 is 29.4 Å². The number of nitrogens with one attached hydrogen (secondary N) is 1. The fraction of sp³-hybridized carbons (Fsp3) is 0.357. The monoisotopic (exact) mass is 491 g/mol. The Morgan fingerprint density at radius 2 is 1.89 bits per heavy atom. The number of H-pyrrole nitrogens is 1. The second-order valence-electron chi connectivity index (χ2n) is 10.4. The van der Waals surface area contributed by atoms with Crippen LogP contribution in [-0.2, 0) is 16.1 Å². The van der Waals surface area contributed by atoms with Crippen LogP contribution in [0.5, 0.6) is 5.75 Å². The number of carbonyl (C=O) groups excluding carboxylic acids is 1. The Labute approximate surface area is 208 Å². The van der Waals surface area contributed by atoms with Gasteiger partial charge in [-0.15, -0.1) is 0 Å². The van der Waals surface area contributed by atoms with Crippen molar-refractivity contribution >= 4 is 11.9 Å². The van der Waals surface area contributed by atoms with Gasteiger partial charge in [0.2, 0.25) is 5.79 Å². The molecule has 8 heteroatoms. The minimum atomic E-state index is -1.38. The first kappa shape index (κ1) is 24.1. The summed E-state index contributed by atoms with van der Waals surface area (Å²) < 4.78 is 18.2. The Morgan fingerprint density at radius 3 is 2.61 bits per heavy atom. The van der Waals surface area contributed by atoms with Crippen molar-refractivity contribution in [3.05, 3.63) is 77.1 Å². The van der Waals surface area contributed by atoms with Gasteiger partial charge in [-0.1, -0.05) is 38.1 Å². The molecule has 3 aromatic rings. The van der Waals surface area contributed by atoms with Crippen LogP contribution >= 0.6 is 0 Å². The molecule has 1 aliphatic carbocycles. The average molecular weight is 492 g/mol. The Hall–Kier alpha value is -3.62. The molecule has 3 N–H and O–H groups in total.